The minimum atomic E-state index is -0.989. The highest BCUT2D eigenvalue weighted by molar-refractivity contribution is 6.07. The Morgan fingerprint density at radius 2 is 2.10 bits per heavy atom. The molecule has 21 heavy (non-hydrogen) atoms. The number of hydrogen-bond donors (Lipinski definition) is 1. The van der Waals surface area contributed by atoms with Crippen LogP contribution < -0.4 is 5.32 Å². The third-order valence-electron chi connectivity index (χ3n) is 4.03. The van der Waals surface area contributed by atoms with Gasteiger partial charge in [-0.15, -0.1) is 0 Å². The molecular formula is C15H17FN2O3. The molecule has 2 heterocycles. The Bertz CT molecular complexity index is 569. The molecular weight excluding hydrogens is 275 g/mol. The number of nitrogens with one attached hydrogen (secondary N) is 1. The lowest BCUT2D eigenvalue weighted by Gasteiger charge is -2.23. The Labute approximate surface area is 122 Å². The van der Waals surface area contributed by atoms with E-state index in [9.17, 15) is 14.0 Å². The Kier molecular flexibility index (Phi) is 3.41. The summed E-state index contributed by atoms with van der Waals surface area (Å²) in [5.41, 5.74) is -0.186. The summed E-state index contributed by atoms with van der Waals surface area (Å²) < 4.78 is 18.2. The monoisotopic (exact) mass is 292 g/mol. The number of nitrogens with zero attached hydrogens (tertiary/aromatic N) is 1. The zero-order valence-electron chi connectivity index (χ0n) is 11.8. The Hall–Kier alpha value is -1.95. The van der Waals surface area contributed by atoms with Crippen molar-refractivity contribution < 1.29 is 18.7 Å². The Morgan fingerprint density at radius 1 is 1.38 bits per heavy atom. The minimum Gasteiger partial charge on any atom is -0.379 e. The lowest BCUT2D eigenvalue weighted by Crippen LogP contribution is -2.47. The molecule has 0 bridgehead atoms. The summed E-state index contributed by atoms with van der Waals surface area (Å²) in [6.07, 6.45) is 1.01. The second-order valence-electron chi connectivity index (χ2n) is 5.76. The molecule has 3 rings (SSSR count). The number of carbonyl (C=O) groups excluding carboxylic acids is 2. The predicted octanol–water partition coefficient (Wildman–Crippen LogP) is 1.47. The van der Waals surface area contributed by atoms with E-state index in [0.29, 0.717) is 26.1 Å². The molecule has 2 fully saturated rings. The second-order valence-corrected chi connectivity index (χ2v) is 5.76. The summed E-state index contributed by atoms with van der Waals surface area (Å²) >= 11 is 0. The zero-order chi connectivity index (χ0) is 15.0. The number of ether oxygens (including phenoxy) is 1. The van der Waals surface area contributed by atoms with Crippen molar-refractivity contribution in [1.29, 1.82) is 0 Å². The molecule has 1 aromatic carbocycles. The van der Waals surface area contributed by atoms with Gasteiger partial charge >= 0.3 is 6.03 Å². The standard InChI is InChI=1S/C15H17FN2O3/c1-15(8-10-2-4-11(16)5-3-10)13(19)18(14(20)17-15)12-6-7-21-9-12/h2-5,12H,6-9H2,1H3,(H,17,20)/t12-,15?/m1/s1. The van der Waals surface area contributed by atoms with Crippen LogP contribution >= 0.6 is 0 Å². The van der Waals surface area contributed by atoms with E-state index in [2.05, 4.69) is 5.32 Å². The predicted molar refractivity (Wildman–Crippen MR) is 73.1 cm³/mol. The topological polar surface area (TPSA) is 58.6 Å². The summed E-state index contributed by atoms with van der Waals surface area (Å²) in [5.74, 6) is -0.567. The van der Waals surface area contributed by atoms with Crippen LogP contribution in [0.25, 0.3) is 0 Å². The lowest BCUT2D eigenvalue weighted by molar-refractivity contribution is -0.132. The molecule has 0 spiro atoms. The second kappa shape index (κ2) is 5.11. The first-order valence-electron chi connectivity index (χ1n) is 6.97. The quantitative estimate of drug-likeness (QED) is 0.858. The van der Waals surface area contributed by atoms with E-state index < -0.39 is 5.54 Å². The first kappa shape index (κ1) is 14.0. The van der Waals surface area contributed by atoms with Crippen LogP contribution in [0.3, 0.4) is 0 Å². The van der Waals surface area contributed by atoms with Crippen molar-refractivity contribution in [3.05, 3.63) is 35.6 Å². The average Bonchev–Trinajstić information content (AvgIpc) is 3.01. The number of amides is 3. The maximum absolute atomic E-state index is 12.9. The van der Waals surface area contributed by atoms with Crippen LogP contribution in [0.2, 0.25) is 0 Å². The first-order valence-corrected chi connectivity index (χ1v) is 6.97. The van der Waals surface area contributed by atoms with Crippen molar-refractivity contribution in [2.75, 3.05) is 13.2 Å². The van der Waals surface area contributed by atoms with E-state index >= 15 is 0 Å². The molecule has 2 atom stereocenters. The number of carbonyl (C=O) groups is 2. The first-order chi connectivity index (χ1) is 9.99. The van der Waals surface area contributed by atoms with Gasteiger partial charge in [0.25, 0.3) is 5.91 Å². The fourth-order valence-corrected chi connectivity index (χ4v) is 2.90. The van der Waals surface area contributed by atoms with Gasteiger partial charge in [0, 0.05) is 13.0 Å². The molecule has 6 heteroatoms. The van der Waals surface area contributed by atoms with Gasteiger partial charge in [-0.1, -0.05) is 12.1 Å². The van der Waals surface area contributed by atoms with Gasteiger partial charge in [-0.2, -0.15) is 0 Å². The zero-order valence-corrected chi connectivity index (χ0v) is 11.8. The molecule has 112 valence electrons. The summed E-state index contributed by atoms with van der Waals surface area (Å²) in [4.78, 5) is 26.0. The molecule has 0 saturated carbocycles. The highest BCUT2D eigenvalue weighted by Gasteiger charge is 2.50. The largest absolute Gasteiger partial charge is 0.379 e. The van der Waals surface area contributed by atoms with Gasteiger partial charge in [0.15, 0.2) is 0 Å². The van der Waals surface area contributed by atoms with Crippen molar-refractivity contribution in [2.24, 2.45) is 0 Å². The van der Waals surface area contributed by atoms with Crippen molar-refractivity contribution >= 4 is 11.9 Å². The van der Waals surface area contributed by atoms with Gasteiger partial charge in [0.2, 0.25) is 0 Å². The number of urea groups is 1. The molecule has 3 amide bonds. The summed E-state index contributed by atoms with van der Waals surface area (Å²) in [6.45, 7) is 2.66. The van der Waals surface area contributed by atoms with E-state index in [1.54, 1.807) is 19.1 Å². The van der Waals surface area contributed by atoms with E-state index in [1.807, 2.05) is 0 Å². The summed E-state index contributed by atoms with van der Waals surface area (Å²) in [6, 6.07) is 5.39. The molecule has 2 aliphatic rings. The summed E-state index contributed by atoms with van der Waals surface area (Å²) in [7, 11) is 0. The van der Waals surface area contributed by atoms with Gasteiger partial charge in [0.1, 0.15) is 11.4 Å². The minimum absolute atomic E-state index is 0.187. The van der Waals surface area contributed by atoms with Crippen LogP contribution in [0.1, 0.15) is 18.9 Å². The molecule has 0 radical (unpaired) electrons. The van der Waals surface area contributed by atoms with E-state index in [4.69, 9.17) is 4.74 Å². The third-order valence-corrected chi connectivity index (χ3v) is 4.03. The molecule has 0 aromatic heterocycles. The van der Waals surface area contributed by atoms with Crippen LogP contribution in [0.4, 0.5) is 9.18 Å². The molecule has 1 unspecified atom stereocenters. The Morgan fingerprint density at radius 3 is 2.71 bits per heavy atom. The number of imide groups is 1. The van der Waals surface area contributed by atoms with Crippen LogP contribution in [-0.4, -0.2) is 41.6 Å². The van der Waals surface area contributed by atoms with Crippen LogP contribution in [-0.2, 0) is 16.0 Å². The number of halogens is 1. The van der Waals surface area contributed by atoms with Crippen LogP contribution in [0, 0.1) is 5.82 Å². The Balaban J connectivity index is 1.79. The van der Waals surface area contributed by atoms with Crippen molar-refractivity contribution in [1.82, 2.24) is 10.2 Å². The highest BCUT2D eigenvalue weighted by atomic mass is 19.1. The van der Waals surface area contributed by atoms with Gasteiger partial charge in [-0.3, -0.25) is 9.69 Å². The number of benzene rings is 1. The smallest absolute Gasteiger partial charge is 0.325 e. The fourth-order valence-electron chi connectivity index (χ4n) is 2.90. The van der Waals surface area contributed by atoms with E-state index in [0.717, 1.165) is 5.56 Å². The van der Waals surface area contributed by atoms with Gasteiger partial charge in [-0.05, 0) is 31.0 Å². The third kappa shape index (κ3) is 2.51. The molecule has 1 N–H and O–H groups in total. The fraction of sp³-hybridized carbons (Fsp3) is 0.467. The molecule has 0 aliphatic carbocycles. The van der Waals surface area contributed by atoms with Gasteiger partial charge < -0.3 is 10.1 Å². The maximum atomic E-state index is 12.9. The van der Waals surface area contributed by atoms with E-state index in [-0.39, 0.29) is 23.8 Å². The molecule has 2 aliphatic heterocycles. The maximum Gasteiger partial charge on any atom is 0.325 e. The van der Waals surface area contributed by atoms with Gasteiger partial charge in [0.05, 0.1) is 12.6 Å². The van der Waals surface area contributed by atoms with Crippen LogP contribution in [0.15, 0.2) is 24.3 Å². The van der Waals surface area contributed by atoms with Crippen molar-refractivity contribution in [2.45, 2.75) is 31.3 Å². The summed E-state index contributed by atoms with van der Waals surface area (Å²) in [5, 5.41) is 2.76. The van der Waals surface area contributed by atoms with Crippen molar-refractivity contribution in [3.63, 3.8) is 0 Å². The molecule has 5 nitrogen and oxygen atoms in total. The van der Waals surface area contributed by atoms with Crippen molar-refractivity contribution in [3.8, 4) is 0 Å². The number of hydrogen-bond acceptors (Lipinski definition) is 3. The molecule has 1 aromatic rings. The number of rotatable bonds is 3. The highest BCUT2D eigenvalue weighted by Crippen LogP contribution is 2.26. The molecule has 2 saturated heterocycles. The normalized spacial score (nSPS) is 29.0. The van der Waals surface area contributed by atoms with E-state index in [1.165, 1.54) is 17.0 Å². The van der Waals surface area contributed by atoms with Gasteiger partial charge in [-0.25, -0.2) is 9.18 Å². The lowest BCUT2D eigenvalue weighted by atomic mass is 9.92. The average molecular weight is 292 g/mol. The SMILES string of the molecule is CC1(Cc2ccc(F)cc2)NC(=O)N([C@@H]2CCOC2)C1=O. The van der Waals surface area contributed by atoms with Crippen LogP contribution in [0.5, 0.6) is 0 Å².